The molecule has 462 valence electrons. The van der Waals surface area contributed by atoms with Gasteiger partial charge < -0.3 is 18.3 Å². The van der Waals surface area contributed by atoms with Gasteiger partial charge in [-0.15, -0.1) is 0 Å². The second kappa shape index (κ2) is 21.0. The van der Waals surface area contributed by atoms with Crippen LogP contribution in [0, 0.1) is 0 Å². The maximum atomic E-state index is 5.67. The monoisotopic (exact) mass is 1270 g/mol. The Bertz CT molecular complexity index is 7270. The highest BCUT2D eigenvalue weighted by molar-refractivity contribution is 6.32. The van der Waals surface area contributed by atoms with E-state index < -0.39 is 0 Å². The molecule has 0 fully saturated rings. The maximum Gasteiger partial charge on any atom is 0.164 e. The normalized spacial score (nSPS) is 12.2. The number of rotatable bonds is 7. The fourth-order valence-electron chi connectivity index (χ4n) is 16.8. The highest BCUT2D eigenvalue weighted by Gasteiger charge is 2.28. The van der Waals surface area contributed by atoms with Crippen molar-refractivity contribution in [3.63, 3.8) is 0 Å². The van der Waals surface area contributed by atoms with E-state index in [1.54, 1.807) is 0 Å². The van der Waals surface area contributed by atoms with Gasteiger partial charge in [0.1, 0.15) is 0 Å². The Labute approximate surface area is 572 Å². The minimum atomic E-state index is 0.553. The Morgan fingerprint density at radius 1 is 0.170 bits per heavy atom. The number of fused-ring (bicyclic) bond motifs is 24. The molecule has 0 N–H and O–H groups in total. The zero-order valence-electron chi connectivity index (χ0n) is 53.9. The molecular formula is C93H55N7. The Balaban J connectivity index is 0.935. The number of benzene rings is 17. The molecule has 17 aromatic carbocycles. The topological polar surface area (TPSA) is 58.4 Å². The van der Waals surface area contributed by atoms with E-state index in [0.717, 1.165) is 126 Å². The van der Waals surface area contributed by atoms with Crippen molar-refractivity contribution in [1.82, 2.24) is 33.2 Å². The first kappa shape index (κ1) is 54.7. The highest BCUT2D eigenvalue weighted by Crippen LogP contribution is 2.49. The largest absolute Gasteiger partial charge is 0.308 e. The van der Waals surface area contributed by atoms with E-state index >= 15 is 0 Å². The first-order chi connectivity index (χ1) is 49.6. The minimum absolute atomic E-state index is 0.553. The molecule has 0 atom stereocenters. The number of nitrogens with zero attached hydrogens (tertiary/aromatic N) is 7. The molecule has 0 radical (unpaired) electrons. The van der Waals surface area contributed by atoms with Gasteiger partial charge in [-0.05, 0) is 97.7 Å². The molecule has 0 saturated heterocycles. The van der Waals surface area contributed by atoms with E-state index in [1.807, 2.05) is 6.07 Å². The van der Waals surface area contributed by atoms with Gasteiger partial charge in [-0.3, -0.25) is 0 Å². The molecule has 100 heavy (non-hydrogen) atoms. The summed E-state index contributed by atoms with van der Waals surface area (Å²) in [7, 11) is 0. The van der Waals surface area contributed by atoms with Crippen molar-refractivity contribution in [2.45, 2.75) is 0 Å². The van der Waals surface area contributed by atoms with E-state index in [1.165, 1.54) is 64.9 Å². The summed E-state index contributed by atoms with van der Waals surface area (Å²) < 4.78 is 10.2. The molecule has 22 aromatic rings. The summed E-state index contributed by atoms with van der Waals surface area (Å²) in [5.41, 5.74) is 15.7. The standard InChI is InChI=1S/C93H55N7/c1-3-25-62(26-4-1)91-94-92(65-36-35-56-19-7-9-27-63(56)51-65)96-93(95-91)66-53-69(55-70(54-66)100-86-73-33-17-13-23-60(73)40-45-77(86)80-48-47-79-76-44-39-58-21-11-15-31-71(58)84(76)98(89(79)90(80)100)67-29-5-2-6-30-67)97-82-50-49-78-75-43-38-59-22-12-16-32-72(59)85(75)99(68-42-37-57-20-8-10-28-64(57)52-68)88(78)83(82)81-46-41-61-24-14-18-34-74(61)87(81)97/h1-55H. The molecule has 0 aliphatic heterocycles. The van der Waals surface area contributed by atoms with Gasteiger partial charge in [-0.2, -0.15) is 0 Å². The van der Waals surface area contributed by atoms with Crippen molar-refractivity contribution in [1.29, 1.82) is 0 Å². The molecule has 0 aliphatic rings. The van der Waals surface area contributed by atoms with E-state index in [9.17, 15) is 0 Å². The lowest BCUT2D eigenvalue weighted by atomic mass is 10.0. The van der Waals surface area contributed by atoms with Crippen molar-refractivity contribution in [2.75, 3.05) is 0 Å². The first-order valence-electron chi connectivity index (χ1n) is 34.2. The maximum absolute atomic E-state index is 5.67. The van der Waals surface area contributed by atoms with Crippen LogP contribution in [0.2, 0.25) is 0 Å². The molecule has 22 rings (SSSR count). The first-order valence-corrected chi connectivity index (χ1v) is 34.2. The zero-order chi connectivity index (χ0) is 65.3. The van der Waals surface area contributed by atoms with Crippen LogP contribution in [0.15, 0.2) is 334 Å². The van der Waals surface area contributed by atoms with Crippen LogP contribution >= 0.6 is 0 Å². The second-order valence-corrected chi connectivity index (χ2v) is 26.6. The third kappa shape index (κ3) is 7.94. The quantitative estimate of drug-likeness (QED) is 0.160. The number of para-hydroxylation sites is 1. The molecule has 5 aromatic heterocycles. The molecule has 0 bridgehead atoms. The van der Waals surface area contributed by atoms with Crippen LogP contribution in [0.5, 0.6) is 0 Å². The second-order valence-electron chi connectivity index (χ2n) is 26.6. The Morgan fingerprint density at radius 3 is 1.08 bits per heavy atom. The van der Waals surface area contributed by atoms with E-state index in [-0.39, 0.29) is 0 Å². The van der Waals surface area contributed by atoms with Crippen LogP contribution in [0.3, 0.4) is 0 Å². The van der Waals surface area contributed by atoms with Gasteiger partial charge in [-0.25, -0.2) is 15.0 Å². The molecular weight excluding hydrogens is 1220 g/mol. The summed E-state index contributed by atoms with van der Waals surface area (Å²) in [6.45, 7) is 0. The van der Waals surface area contributed by atoms with Crippen LogP contribution < -0.4 is 0 Å². The molecule has 0 unspecified atom stereocenters. The number of hydrogen-bond acceptors (Lipinski definition) is 3. The van der Waals surface area contributed by atoms with Crippen molar-refractivity contribution in [3.05, 3.63) is 334 Å². The molecule has 7 heteroatoms. The average Bonchev–Trinajstić information content (AvgIpc) is 1.54. The predicted molar refractivity (Wildman–Crippen MR) is 419 cm³/mol. The molecule has 5 heterocycles. The lowest BCUT2D eigenvalue weighted by Crippen LogP contribution is -2.04. The SMILES string of the molecule is c1ccc(-c2nc(-c3cc(-n4c5ccc6c7ccc8ccccc8c7n(-c7ccc8ccccc8c7)c6c5c5ccc6ccccc6c54)cc(-n4c5c6ccccc6ccc5c5ccc6c7ccc8ccccc8c7n(-c7ccccc7)c6c54)c3)nc(-c3ccc4ccccc4c3)n2)cc1. The Kier molecular flexibility index (Phi) is 11.5. The third-order valence-electron chi connectivity index (χ3n) is 21.2. The van der Waals surface area contributed by atoms with Crippen LogP contribution in [0.25, 0.3) is 209 Å². The van der Waals surface area contributed by atoms with Gasteiger partial charge >= 0.3 is 0 Å². The van der Waals surface area contributed by atoms with Gasteiger partial charge in [0.15, 0.2) is 17.5 Å². The lowest BCUT2D eigenvalue weighted by Gasteiger charge is -2.18. The smallest absolute Gasteiger partial charge is 0.164 e. The van der Waals surface area contributed by atoms with Gasteiger partial charge in [0.2, 0.25) is 0 Å². The minimum Gasteiger partial charge on any atom is -0.308 e. The van der Waals surface area contributed by atoms with Gasteiger partial charge in [0.25, 0.3) is 0 Å². The van der Waals surface area contributed by atoms with E-state index in [2.05, 4.69) is 346 Å². The molecule has 0 aliphatic carbocycles. The molecule has 0 saturated carbocycles. The predicted octanol–water partition coefficient (Wildman–Crippen LogP) is 24.2. The molecule has 0 amide bonds. The third-order valence-corrected chi connectivity index (χ3v) is 21.2. The zero-order valence-corrected chi connectivity index (χ0v) is 53.9. The van der Waals surface area contributed by atoms with Crippen molar-refractivity contribution in [2.24, 2.45) is 0 Å². The van der Waals surface area contributed by atoms with Crippen molar-refractivity contribution < 1.29 is 0 Å². The van der Waals surface area contributed by atoms with E-state index in [4.69, 9.17) is 15.0 Å². The average molecular weight is 1270 g/mol. The van der Waals surface area contributed by atoms with Gasteiger partial charge in [0, 0.05) is 104 Å². The van der Waals surface area contributed by atoms with Crippen LogP contribution in [0.4, 0.5) is 0 Å². The summed E-state index contributed by atoms with van der Waals surface area (Å²) in [4.78, 5) is 16.7. The van der Waals surface area contributed by atoms with E-state index in [0.29, 0.717) is 17.5 Å². The fourth-order valence-corrected chi connectivity index (χ4v) is 16.8. The van der Waals surface area contributed by atoms with Crippen molar-refractivity contribution in [3.8, 4) is 56.9 Å². The van der Waals surface area contributed by atoms with Crippen molar-refractivity contribution >= 4 is 152 Å². The number of hydrogen-bond donors (Lipinski definition) is 0. The Morgan fingerprint density at radius 2 is 0.530 bits per heavy atom. The van der Waals surface area contributed by atoms with Crippen LogP contribution in [-0.4, -0.2) is 33.2 Å². The molecule has 0 spiro atoms. The summed E-state index contributed by atoms with van der Waals surface area (Å²) in [5, 5.41) is 23.4. The van der Waals surface area contributed by atoms with Crippen LogP contribution in [-0.2, 0) is 0 Å². The molecule has 7 nitrogen and oxygen atoms in total. The van der Waals surface area contributed by atoms with Gasteiger partial charge in [-0.1, -0.05) is 279 Å². The summed E-state index contributed by atoms with van der Waals surface area (Å²) in [5.74, 6) is 1.73. The summed E-state index contributed by atoms with van der Waals surface area (Å²) >= 11 is 0. The van der Waals surface area contributed by atoms with Crippen LogP contribution in [0.1, 0.15) is 0 Å². The number of aromatic nitrogens is 7. The lowest BCUT2D eigenvalue weighted by molar-refractivity contribution is 1.07. The summed E-state index contributed by atoms with van der Waals surface area (Å²) in [6, 6.07) is 123. The van der Waals surface area contributed by atoms with Gasteiger partial charge in [0.05, 0.1) is 44.1 Å². The Hall–Kier alpha value is -13.5. The summed E-state index contributed by atoms with van der Waals surface area (Å²) in [6.07, 6.45) is 0. The fraction of sp³-hybridized carbons (Fsp3) is 0. The highest BCUT2D eigenvalue weighted by atomic mass is 15.1.